The minimum atomic E-state index is -0.358. The molecule has 1 aliphatic carbocycles. The minimum Gasteiger partial charge on any atom is -0.388 e. The summed E-state index contributed by atoms with van der Waals surface area (Å²) < 4.78 is 0. The number of rotatable bonds is 5. The van der Waals surface area contributed by atoms with Crippen molar-refractivity contribution in [2.24, 2.45) is 0 Å². The van der Waals surface area contributed by atoms with E-state index in [2.05, 4.69) is 24.3 Å². The molecule has 20 heavy (non-hydrogen) atoms. The van der Waals surface area contributed by atoms with E-state index in [1.807, 2.05) is 30.3 Å². The lowest BCUT2D eigenvalue weighted by molar-refractivity contribution is 0.168. The van der Waals surface area contributed by atoms with Crippen LogP contribution in [0.3, 0.4) is 0 Å². The van der Waals surface area contributed by atoms with Crippen LogP contribution in [0.25, 0.3) is 0 Å². The van der Waals surface area contributed by atoms with Gasteiger partial charge in [0, 0.05) is 0 Å². The van der Waals surface area contributed by atoms with Crippen LogP contribution in [0.4, 0.5) is 0 Å². The Labute approximate surface area is 121 Å². The molecule has 0 saturated heterocycles. The van der Waals surface area contributed by atoms with Gasteiger partial charge in [-0.3, -0.25) is 0 Å². The number of hydrogen-bond donors (Lipinski definition) is 1. The van der Waals surface area contributed by atoms with Crippen molar-refractivity contribution in [1.82, 2.24) is 0 Å². The normalized spacial score (nSPS) is 16.6. The number of aliphatic hydroxyl groups is 1. The van der Waals surface area contributed by atoms with Gasteiger partial charge in [-0.25, -0.2) is 0 Å². The predicted octanol–water partition coefficient (Wildman–Crippen LogP) is 4.62. The average molecular weight is 266 g/mol. The van der Waals surface area contributed by atoms with Crippen molar-refractivity contribution in [2.75, 3.05) is 0 Å². The van der Waals surface area contributed by atoms with Crippen LogP contribution in [0, 0.1) is 0 Å². The van der Waals surface area contributed by atoms with Crippen molar-refractivity contribution in [1.29, 1.82) is 0 Å². The molecule has 2 aromatic rings. The summed E-state index contributed by atoms with van der Waals surface area (Å²) >= 11 is 0. The molecule has 0 bridgehead atoms. The molecule has 1 unspecified atom stereocenters. The molecular formula is C19H22O. The third kappa shape index (κ3) is 3.10. The number of aliphatic hydroxyl groups excluding tert-OH is 1. The molecule has 0 heterocycles. The Morgan fingerprint density at radius 2 is 1.80 bits per heavy atom. The first-order valence-electron chi connectivity index (χ1n) is 7.65. The monoisotopic (exact) mass is 266 g/mol. The van der Waals surface area contributed by atoms with Crippen LogP contribution in [0.5, 0.6) is 0 Å². The standard InChI is InChI=1S/C19H22O/c20-19(17-7-2-1-3-8-17)13-12-15-6-4-11-18(14-15)16-9-5-10-16/h1-4,6-8,11,14,16,19-20H,5,9-10,12-13H2. The van der Waals surface area contributed by atoms with Gasteiger partial charge in [0.25, 0.3) is 0 Å². The van der Waals surface area contributed by atoms with Gasteiger partial charge in [0.1, 0.15) is 0 Å². The molecule has 1 atom stereocenters. The third-order valence-electron chi connectivity index (χ3n) is 4.42. The molecule has 0 aliphatic heterocycles. The summed E-state index contributed by atoms with van der Waals surface area (Å²) in [5, 5.41) is 10.2. The molecule has 2 aromatic carbocycles. The molecule has 104 valence electrons. The van der Waals surface area contributed by atoms with Gasteiger partial charge in [-0.05, 0) is 48.3 Å². The van der Waals surface area contributed by atoms with Crippen molar-refractivity contribution >= 4 is 0 Å². The van der Waals surface area contributed by atoms with E-state index < -0.39 is 0 Å². The lowest BCUT2D eigenvalue weighted by atomic mass is 9.79. The van der Waals surface area contributed by atoms with Gasteiger partial charge in [-0.2, -0.15) is 0 Å². The van der Waals surface area contributed by atoms with Gasteiger partial charge in [-0.1, -0.05) is 61.0 Å². The van der Waals surface area contributed by atoms with Gasteiger partial charge in [-0.15, -0.1) is 0 Å². The van der Waals surface area contributed by atoms with E-state index in [-0.39, 0.29) is 6.10 Å². The fraction of sp³-hybridized carbons (Fsp3) is 0.368. The lowest BCUT2D eigenvalue weighted by Crippen LogP contribution is -2.09. The maximum atomic E-state index is 10.2. The maximum Gasteiger partial charge on any atom is 0.0793 e. The number of aryl methyl sites for hydroxylation is 1. The smallest absolute Gasteiger partial charge is 0.0793 e. The van der Waals surface area contributed by atoms with Gasteiger partial charge >= 0.3 is 0 Å². The quantitative estimate of drug-likeness (QED) is 0.837. The highest BCUT2D eigenvalue weighted by atomic mass is 16.3. The summed E-state index contributed by atoms with van der Waals surface area (Å²) in [5.41, 5.74) is 3.86. The molecule has 1 fully saturated rings. The highest BCUT2D eigenvalue weighted by Crippen LogP contribution is 2.36. The van der Waals surface area contributed by atoms with Gasteiger partial charge in [0.05, 0.1) is 6.10 Å². The van der Waals surface area contributed by atoms with Crippen molar-refractivity contribution in [3.63, 3.8) is 0 Å². The Hall–Kier alpha value is -1.60. The van der Waals surface area contributed by atoms with E-state index in [1.165, 1.54) is 30.4 Å². The van der Waals surface area contributed by atoms with Crippen LogP contribution in [0.15, 0.2) is 54.6 Å². The molecule has 0 radical (unpaired) electrons. The molecule has 1 heteroatoms. The van der Waals surface area contributed by atoms with Crippen LogP contribution >= 0.6 is 0 Å². The van der Waals surface area contributed by atoms with Crippen molar-refractivity contribution in [3.8, 4) is 0 Å². The molecule has 1 aliphatic rings. The summed E-state index contributed by atoms with van der Waals surface area (Å²) in [6.07, 6.45) is 5.44. The van der Waals surface area contributed by atoms with Gasteiger partial charge in [0.2, 0.25) is 0 Å². The van der Waals surface area contributed by atoms with E-state index in [0.29, 0.717) is 0 Å². The molecule has 0 spiro atoms. The Bertz CT molecular complexity index is 543. The van der Waals surface area contributed by atoms with Gasteiger partial charge in [0.15, 0.2) is 0 Å². The molecular weight excluding hydrogens is 244 g/mol. The molecule has 3 rings (SSSR count). The van der Waals surface area contributed by atoms with Crippen LogP contribution in [-0.4, -0.2) is 5.11 Å². The van der Waals surface area contributed by atoms with E-state index in [9.17, 15) is 5.11 Å². The summed E-state index contributed by atoms with van der Waals surface area (Å²) in [6.45, 7) is 0. The summed E-state index contributed by atoms with van der Waals surface area (Å²) in [4.78, 5) is 0. The van der Waals surface area contributed by atoms with E-state index in [0.717, 1.165) is 24.3 Å². The minimum absolute atomic E-state index is 0.358. The van der Waals surface area contributed by atoms with Crippen LogP contribution < -0.4 is 0 Å². The highest BCUT2D eigenvalue weighted by molar-refractivity contribution is 5.28. The number of hydrogen-bond acceptors (Lipinski definition) is 1. The summed E-state index contributed by atoms with van der Waals surface area (Å²) in [5.74, 6) is 0.786. The summed E-state index contributed by atoms with van der Waals surface area (Å²) in [6, 6.07) is 18.9. The molecule has 1 N–H and O–H groups in total. The summed E-state index contributed by atoms with van der Waals surface area (Å²) in [7, 11) is 0. The maximum absolute atomic E-state index is 10.2. The second-order valence-electron chi connectivity index (χ2n) is 5.84. The molecule has 0 aromatic heterocycles. The largest absolute Gasteiger partial charge is 0.388 e. The van der Waals surface area contributed by atoms with Gasteiger partial charge < -0.3 is 5.11 Å². The fourth-order valence-electron chi connectivity index (χ4n) is 2.89. The fourth-order valence-corrected chi connectivity index (χ4v) is 2.89. The second kappa shape index (κ2) is 6.23. The number of benzene rings is 2. The van der Waals surface area contributed by atoms with Crippen LogP contribution in [0.2, 0.25) is 0 Å². The zero-order valence-corrected chi connectivity index (χ0v) is 11.8. The molecule has 1 saturated carbocycles. The zero-order chi connectivity index (χ0) is 13.8. The predicted molar refractivity (Wildman–Crippen MR) is 82.8 cm³/mol. The van der Waals surface area contributed by atoms with Crippen molar-refractivity contribution in [2.45, 2.75) is 44.1 Å². The van der Waals surface area contributed by atoms with E-state index in [1.54, 1.807) is 0 Å². The first kappa shape index (κ1) is 13.4. The first-order valence-corrected chi connectivity index (χ1v) is 7.65. The molecule has 0 amide bonds. The second-order valence-corrected chi connectivity index (χ2v) is 5.84. The Kier molecular flexibility index (Phi) is 4.17. The van der Waals surface area contributed by atoms with Crippen LogP contribution in [0.1, 0.15) is 54.4 Å². The topological polar surface area (TPSA) is 20.2 Å². The third-order valence-corrected chi connectivity index (χ3v) is 4.42. The zero-order valence-electron chi connectivity index (χ0n) is 11.8. The Balaban J connectivity index is 1.60. The molecule has 1 nitrogen and oxygen atoms in total. The first-order chi connectivity index (χ1) is 9.83. The average Bonchev–Trinajstić information content (AvgIpc) is 2.44. The lowest BCUT2D eigenvalue weighted by Gasteiger charge is -2.26. The van der Waals surface area contributed by atoms with Crippen molar-refractivity contribution in [3.05, 3.63) is 71.3 Å². The Morgan fingerprint density at radius 3 is 2.50 bits per heavy atom. The van der Waals surface area contributed by atoms with E-state index >= 15 is 0 Å². The highest BCUT2D eigenvalue weighted by Gasteiger charge is 2.19. The van der Waals surface area contributed by atoms with Crippen LogP contribution in [-0.2, 0) is 6.42 Å². The van der Waals surface area contributed by atoms with Crippen molar-refractivity contribution < 1.29 is 5.11 Å². The Morgan fingerprint density at radius 1 is 1.00 bits per heavy atom. The SMILES string of the molecule is OC(CCc1cccc(C2CCC2)c1)c1ccccc1. The van der Waals surface area contributed by atoms with E-state index in [4.69, 9.17) is 0 Å².